The van der Waals surface area contributed by atoms with Gasteiger partial charge in [0.15, 0.2) is 0 Å². The fraction of sp³-hybridized carbons (Fsp3) is 0.364. The van der Waals surface area contributed by atoms with E-state index in [9.17, 15) is 4.21 Å². The van der Waals surface area contributed by atoms with Crippen LogP contribution in [-0.2, 0) is 15.2 Å². The van der Waals surface area contributed by atoms with Crippen LogP contribution < -0.4 is 5.73 Å². The van der Waals surface area contributed by atoms with Crippen LogP contribution in [0, 0.1) is 11.3 Å². The van der Waals surface area contributed by atoms with E-state index >= 15 is 0 Å². The van der Waals surface area contributed by atoms with Crippen molar-refractivity contribution in [1.29, 1.82) is 5.26 Å². The quantitative estimate of drug-likeness (QED) is 0.771. The topological polar surface area (TPSA) is 82.5 Å². The molecule has 0 bridgehead atoms. The van der Waals surface area contributed by atoms with Gasteiger partial charge in [-0.2, -0.15) is 5.26 Å². The van der Waals surface area contributed by atoms with Crippen LogP contribution in [0.1, 0.15) is 16.7 Å². The molecule has 18 heavy (non-hydrogen) atoms. The van der Waals surface area contributed by atoms with Crippen LogP contribution in [0.2, 0.25) is 0 Å². The smallest absolute Gasteiger partial charge is 0.203 e. The van der Waals surface area contributed by atoms with Gasteiger partial charge in [-0.3, -0.25) is 4.31 Å². The minimum absolute atomic E-state index is 0.218. The minimum atomic E-state index is -2.46. The van der Waals surface area contributed by atoms with Gasteiger partial charge >= 0.3 is 0 Å². The third-order valence-corrected chi connectivity index (χ3v) is 6.38. The van der Waals surface area contributed by atoms with E-state index in [-0.39, 0.29) is 5.96 Å². The fourth-order valence-corrected chi connectivity index (χ4v) is 4.53. The first-order valence-electron chi connectivity index (χ1n) is 5.23. The van der Waals surface area contributed by atoms with E-state index in [0.29, 0.717) is 10.6 Å². The number of hydrogen-bond acceptors (Lipinski definition) is 5. The van der Waals surface area contributed by atoms with Crippen LogP contribution in [0.5, 0.6) is 0 Å². The Hall–Kier alpha value is -1.52. The molecular weight excluding hydrogens is 268 g/mol. The van der Waals surface area contributed by atoms with Crippen molar-refractivity contribution in [1.82, 2.24) is 4.31 Å². The highest BCUT2D eigenvalue weighted by molar-refractivity contribution is 7.98. The lowest BCUT2D eigenvalue weighted by molar-refractivity contribution is 0.522. The molecule has 1 aromatic rings. The minimum Gasteiger partial charge on any atom is -0.369 e. The van der Waals surface area contributed by atoms with Crippen molar-refractivity contribution in [2.45, 2.75) is 12.5 Å². The van der Waals surface area contributed by atoms with E-state index in [1.165, 1.54) is 15.6 Å². The summed E-state index contributed by atoms with van der Waals surface area (Å²) in [6.07, 6.45) is 0. The van der Waals surface area contributed by atoms with Gasteiger partial charge in [0.2, 0.25) is 5.96 Å². The maximum atomic E-state index is 12.4. The molecular formula is C11H14N4OS2. The zero-order valence-corrected chi connectivity index (χ0v) is 11.8. The van der Waals surface area contributed by atoms with Crippen LogP contribution in [-0.4, -0.2) is 33.1 Å². The first kappa shape index (κ1) is 12.9. The average molecular weight is 282 g/mol. The predicted molar refractivity (Wildman–Crippen MR) is 75.9 cm³/mol. The van der Waals surface area contributed by atoms with E-state index in [1.54, 1.807) is 13.1 Å². The van der Waals surface area contributed by atoms with Crippen molar-refractivity contribution >= 4 is 32.9 Å². The Morgan fingerprint density at radius 3 is 2.89 bits per heavy atom. The first-order valence-corrected chi connectivity index (χ1v) is 7.90. The SMILES string of the molecule is C=S1(=O)C[C@@](C)(c2ccc(C#N)s2)N=C(N)N1C. The summed E-state index contributed by atoms with van der Waals surface area (Å²) in [5, 5.41) is 8.85. The van der Waals surface area contributed by atoms with Gasteiger partial charge in [0.05, 0.1) is 15.5 Å². The van der Waals surface area contributed by atoms with E-state index in [4.69, 9.17) is 11.0 Å². The molecule has 96 valence electrons. The van der Waals surface area contributed by atoms with Gasteiger partial charge in [-0.15, -0.1) is 11.3 Å². The van der Waals surface area contributed by atoms with Crippen LogP contribution in [0.3, 0.4) is 0 Å². The number of rotatable bonds is 1. The second kappa shape index (κ2) is 4.00. The van der Waals surface area contributed by atoms with Crippen LogP contribution >= 0.6 is 11.3 Å². The monoisotopic (exact) mass is 282 g/mol. The Morgan fingerprint density at radius 2 is 2.39 bits per heavy atom. The van der Waals surface area contributed by atoms with Crippen molar-refractivity contribution in [2.24, 2.45) is 10.7 Å². The largest absolute Gasteiger partial charge is 0.369 e. The lowest BCUT2D eigenvalue weighted by atomic mass is 10.0. The lowest BCUT2D eigenvalue weighted by Gasteiger charge is -2.36. The van der Waals surface area contributed by atoms with Gasteiger partial charge in [0.25, 0.3) is 0 Å². The summed E-state index contributed by atoms with van der Waals surface area (Å²) in [4.78, 5) is 5.90. The second-order valence-corrected chi connectivity index (χ2v) is 7.90. The van der Waals surface area contributed by atoms with E-state index < -0.39 is 15.2 Å². The summed E-state index contributed by atoms with van der Waals surface area (Å²) in [5.74, 6) is 4.25. The lowest BCUT2D eigenvalue weighted by Crippen LogP contribution is -2.50. The van der Waals surface area contributed by atoms with Crippen molar-refractivity contribution in [3.05, 3.63) is 21.9 Å². The fourth-order valence-electron chi connectivity index (χ4n) is 1.88. The standard InChI is InChI=1S/C11H14N4OS2/c1-11(9-5-4-8(6-12)17-9)7-18(3,16)15(2)10(13)14-11/h4-5H,3,7H2,1-2H3,(H2,13,14)/t11-,18?/m0/s1. The van der Waals surface area contributed by atoms with Crippen molar-refractivity contribution < 1.29 is 4.21 Å². The van der Waals surface area contributed by atoms with Crippen LogP contribution in [0.15, 0.2) is 17.1 Å². The van der Waals surface area contributed by atoms with Gasteiger partial charge in [-0.05, 0) is 24.9 Å². The van der Waals surface area contributed by atoms with Gasteiger partial charge in [-0.1, -0.05) is 0 Å². The highest BCUT2D eigenvalue weighted by Gasteiger charge is 2.37. The number of hydrogen-bond donors (Lipinski definition) is 1. The van der Waals surface area contributed by atoms with E-state index in [0.717, 1.165) is 4.88 Å². The summed E-state index contributed by atoms with van der Waals surface area (Å²) in [6.45, 7) is 1.87. The molecule has 0 amide bonds. The molecule has 2 atom stereocenters. The molecule has 7 heteroatoms. The first-order chi connectivity index (χ1) is 8.28. The summed E-state index contributed by atoms with van der Waals surface area (Å²) in [5.41, 5.74) is 5.13. The Balaban J connectivity index is 2.53. The summed E-state index contributed by atoms with van der Waals surface area (Å²) < 4.78 is 13.8. The molecule has 0 saturated heterocycles. The number of nitrogens with zero attached hydrogens (tertiary/aromatic N) is 3. The zero-order valence-electron chi connectivity index (χ0n) is 10.2. The third kappa shape index (κ3) is 1.98. The van der Waals surface area contributed by atoms with Gasteiger partial charge in [-0.25, -0.2) is 9.20 Å². The third-order valence-electron chi connectivity index (χ3n) is 2.94. The Morgan fingerprint density at radius 1 is 1.72 bits per heavy atom. The molecule has 0 aliphatic carbocycles. The van der Waals surface area contributed by atoms with Gasteiger partial charge in [0, 0.05) is 11.9 Å². The maximum Gasteiger partial charge on any atom is 0.203 e. The number of thiophene rings is 1. The molecule has 0 fully saturated rings. The molecule has 5 nitrogen and oxygen atoms in total. The highest BCUT2D eigenvalue weighted by Crippen LogP contribution is 2.35. The molecule has 1 aliphatic rings. The highest BCUT2D eigenvalue weighted by atomic mass is 32.2. The summed E-state index contributed by atoms with van der Waals surface area (Å²) in [6, 6.07) is 5.66. The van der Waals surface area contributed by atoms with Gasteiger partial charge < -0.3 is 5.73 Å². The van der Waals surface area contributed by atoms with Crippen molar-refractivity contribution in [3.8, 4) is 6.07 Å². The van der Waals surface area contributed by atoms with Crippen LogP contribution in [0.4, 0.5) is 0 Å². The Bertz CT molecular complexity index is 653. The number of aliphatic imine (C=N–C) groups is 1. The number of guanidine groups is 1. The normalized spacial score (nSPS) is 31.8. The Kier molecular flexibility index (Phi) is 2.87. The molecule has 0 saturated carbocycles. The summed E-state index contributed by atoms with van der Waals surface area (Å²) >= 11 is 1.35. The molecule has 2 heterocycles. The molecule has 2 rings (SSSR count). The predicted octanol–water partition coefficient (Wildman–Crippen LogP) is 0.726. The molecule has 2 N–H and O–H groups in total. The molecule has 1 aromatic heterocycles. The molecule has 0 radical (unpaired) electrons. The maximum absolute atomic E-state index is 12.4. The molecule has 0 spiro atoms. The molecule has 1 unspecified atom stereocenters. The van der Waals surface area contributed by atoms with Gasteiger partial charge in [0.1, 0.15) is 16.5 Å². The summed E-state index contributed by atoms with van der Waals surface area (Å²) in [7, 11) is -0.835. The van der Waals surface area contributed by atoms with E-state index in [2.05, 4.69) is 16.9 Å². The number of nitrogens with two attached hydrogens (primary N) is 1. The van der Waals surface area contributed by atoms with Crippen molar-refractivity contribution in [2.75, 3.05) is 12.8 Å². The van der Waals surface area contributed by atoms with Crippen molar-refractivity contribution in [3.63, 3.8) is 0 Å². The molecule has 1 aliphatic heterocycles. The Labute approximate surface area is 111 Å². The second-order valence-electron chi connectivity index (χ2n) is 4.43. The van der Waals surface area contributed by atoms with Crippen LogP contribution in [0.25, 0.3) is 0 Å². The molecule has 0 aromatic carbocycles. The average Bonchev–Trinajstić information content (AvgIpc) is 2.74. The zero-order chi connectivity index (χ0) is 13.6. The number of nitriles is 1. The van der Waals surface area contributed by atoms with E-state index in [1.807, 2.05) is 13.0 Å².